The molecule has 30 heavy (non-hydrogen) atoms. The molecule has 0 amide bonds. The zero-order valence-corrected chi connectivity index (χ0v) is 17.2. The SMILES string of the molecule is NCC1(O)CCCCc2c1ccc(OCc1ccccc1)c2OCc1ccccc1. The Morgan fingerprint density at radius 3 is 2.07 bits per heavy atom. The van der Waals surface area contributed by atoms with Crippen molar-refractivity contribution in [3.05, 3.63) is 95.1 Å². The Morgan fingerprint density at radius 1 is 0.800 bits per heavy atom. The Bertz CT molecular complexity index is 959. The molecular formula is C26H29NO3. The van der Waals surface area contributed by atoms with Crippen molar-refractivity contribution in [3.63, 3.8) is 0 Å². The summed E-state index contributed by atoms with van der Waals surface area (Å²) in [6.07, 6.45) is 3.42. The first-order valence-electron chi connectivity index (χ1n) is 10.6. The lowest BCUT2D eigenvalue weighted by molar-refractivity contribution is 0.0359. The topological polar surface area (TPSA) is 64.7 Å². The highest BCUT2D eigenvalue weighted by atomic mass is 16.5. The van der Waals surface area contributed by atoms with Gasteiger partial charge in [0.2, 0.25) is 0 Å². The largest absolute Gasteiger partial charge is 0.485 e. The molecule has 3 aromatic carbocycles. The van der Waals surface area contributed by atoms with Crippen molar-refractivity contribution in [3.8, 4) is 11.5 Å². The summed E-state index contributed by atoms with van der Waals surface area (Å²) in [4.78, 5) is 0. The van der Waals surface area contributed by atoms with E-state index in [-0.39, 0.29) is 6.54 Å². The van der Waals surface area contributed by atoms with Crippen LogP contribution in [0.1, 0.15) is 41.5 Å². The normalized spacial score (nSPS) is 18.3. The number of rotatable bonds is 7. The lowest BCUT2D eigenvalue weighted by Gasteiger charge is -2.29. The summed E-state index contributed by atoms with van der Waals surface area (Å²) in [7, 11) is 0. The molecule has 3 aromatic rings. The van der Waals surface area contributed by atoms with Crippen LogP contribution in [0.2, 0.25) is 0 Å². The van der Waals surface area contributed by atoms with Gasteiger partial charge in [-0.2, -0.15) is 0 Å². The van der Waals surface area contributed by atoms with Gasteiger partial charge in [-0.1, -0.05) is 66.7 Å². The third-order valence-electron chi connectivity index (χ3n) is 5.79. The fourth-order valence-corrected chi connectivity index (χ4v) is 4.09. The van der Waals surface area contributed by atoms with Gasteiger partial charge in [0, 0.05) is 12.1 Å². The first kappa shape index (κ1) is 20.5. The number of aliphatic hydroxyl groups is 1. The highest BCUT2D eigenvalue weighted by Crippen LogP contribution is 2.43. The molecule has 3 N–H and O–H groups in total. The van der Waals surface area contributed by atoms with Gasteiger partial charge in [-0.05, 0) is 48.4 Å². The van der Waals surface area contributed by atoms with Crippen LogP contribution in [0.3, 0.4) is 0 Å². The summed E-state index contributed by atoms with van der Waals surface area (Å²) in [5, 5.41) is 11.2. The third kappa shape index (κ3) is 4.50. The second-order valence-electron chi connectivity index (χ2n) is 7.91. The predicted molar refractivity (Wildman–Crippen MR) is 118 cm³/mol. The monoisotopic (exact) mass is 403 g/mol. The molecule has 0 fully saturated rings. The van der Waals surface area contributed by atoms with Crippen LogP contribution in [0.4, 0.5) is 0 Å². The molecule has 1 aliphatic carbocycles. The Labute approximate surface area is 178 Å². The maximum Gasteiger partial charge on any atom is 0.165 e. The Balaban J connectivity index is 1.68. The highest BCUT2D eigenvalue weighted by Gasteiger charge is 2.34. The van der Waals surface area contributed by atoms with Crippen molar-refractivity contribution < 1.29 is 14.6 Å². The number of hydrogen-bond acceptors (Lipinski definition) is 4. The molecule has 0 aliphatic heterocycles. The van der Waals surface area contributed by atoms with Crippen LogP contribution in [0, 0.1) is 0 Å². The molecule has 0 bridgehead atoms. The maximum absolute atomic E-state index is 11.2. The minimum atomic E-state index is -1.02. The lowest BCUT2D eigenvalue weighted by atomic mass is 9.87. The molecule has 156 valence electrons. The average Bonchev–Trinajstić information content (AvgIpc) is 2.97. The van der Waals surface area contributed by atoms with Gasteiger partial charge in [-0.15, -0.1) is 0 Å². The maximum atomic E-state index is 11.2. The van der Waals surface area contributed by atoms with Crippen LogP contribution >= 0.6 is 0 Å². The first-order chi connectivity index (χ1) is 14.7. The second-order valence-corrected chi connectivity index (χ2v) is 7.91. The highest BCUT2D eigenvalue weighted by molar-refractivity contribution is 5.53. The summed E-state index contributed by atoms with van der Waals surface area (Å²) >= 11 is 0. The number of hydrogen-bond donors (Lipinski definition) is 2. The summed E-state index contributed by atoms with van der Waals surface area (Å²) in [5.41, 5.74) is 9.04. The van der Waals surface area contributed by atoms with Gasteiger partial charge in [0.1, 0.15) is 18.8 Å². The van der Waals surface area contributed by atoms with Crippen LogP contribution in [0.15, 0.2) is 72.8 Å². The van der Waals surface area contributed by atoms with E-state index in [0.29, 0.717) is 25.4 Å². The van der Waals surface area contributed by atoms with E-state index >= 15 is 0 Å². The number of ether oxygens (including phenoxy) is 2. The molecule has 1 unspecified atom stereocenters. The van der Waals surface area contributed by atoms with E-state index in [1.807, 2.05) is 72.8 Å². The van der Waals surface area contributed by atoms with Crippen molar-refractivity contribution in [1.82, 2.24) is 0 Å². The third-order valence-corrected chi connectivity index (χ3v) is 5.79. The van der Waals surface area contributed by atoms with E-state index in [4.69, 9.17) is 15.2 Å². The minimum absolute atomic E-state index is 0.197. The van der Waals surface area contributed by atoms with Crippen molar-refractivity contribution in [2.24, 2.45) is 5.73 Å². The van der Waals surface area contributed by atoms with E-state index in [2.05, 4.69) is 0 Å². The minimum Gasteiger partial charge on any atom is -0.485 e. The average molecular weight is 404 g/mol. The van der Waals surface area contributed by atoms with Crippen LogP contribution in [-0.4, -0.2) is 11.7 Å². The van der Waals surface area contributed by atoms with Crippen molar-refractivity contribution in [2.75, 3.05) is 6.54 Å². The summed E-state index contributed by atoms with van der Waals surface area (Å²) in [6, 6.07) is 24.0. The van der Waals surface area contributed by atoms with Crippen LogP contribution in [0.25, 0.3) is 0 Å². The Morgan fingerprint density at radius 2 is 1.43 bits per heavy atom. The Kier molecular flexibility index (Phi) is 6.36. The van der Waals surface area contributed by atoms with Crippen molar-refractivity contribution >= 4 is 0 Å². The van der Waals surface area contributed by atoms with E-state index < -0.39 is 5.60 Å². The van der Waals surface area contributed by atoms with Crippen LogP contribution < -0.4 is 15.2 Å². The first-order valence-corrected chi connectivity index (χ1v) is 10.6. The molecule has 1 aliphatic rings. The van der Waals surface area contributed by atoms with Crippen molar-refractivity contribution in [1.29, 1.82) is 0 Å². The standard InChI is InChI=1S/C26H29NO3/c27-19-26(28)16-8-7-13-22-23(26)14-15-24(29-17-20-9-3-1-4-10-20)25(22)30-18-21-11-5-2-6-12-21/h1-6,9-12,14-15,28H,7-8,13,16-19,27H2. The molecule has 4 rings (SSSR count). The molecule has 4 nitrogen and oxygen atoms in total. The molecule has 0 aromatic heterocycles. The molecule has 1 atom stereocenters. The van der Waals surface area contributed by atoms with Gasteiger partial charge in [-0.3, -0.25) is 0 Å². The molecule has 0 saturated carbocycles. The molecule has 0 spiro atoms. The number of fused-ring (bicyclic) bond motifs is 1. The fraction of sp³-hybridized carbons (Fsp3) is 0.308. The number of nitrogens with two attached hydrogens (primary N) is 1. The van der Waals surface area contributed by atoms with E-state index in [0.717, 1.165) is 47.3 Å². The fourth-order valence-electron chi connectivity index (χ4n) is 4.09. The van der Waals surface area contributed by atoms with Gasteiger partial charge < -0.3 is 20.3 Å². The molecule has 4 heteroatoms. The van der Waals surface area contributed by atoms with Crippen LogP contribution in [0.5, 0.6) is 11.5 Å². The zero-order chi connectivity index (χ0) is 20.8. The van der Waals surface area contributed by atoms with Gasteiger partial charge in [0.15, 0.2) is 11.5 Å². The molecule has 0 heterocycles. The summed E-state index contributed by atoms with van der Waals surface area (Å²) in [6.45, 7) is 1.10. The van der Waals surface area contributed by atoms with Gasteiger partial charge in [0.05, 0.1) is 0 Å². The molecule has 0 radical (unpaired) electrons. The van der Waals surface area contributed by atoms with E-state index in [1.54, 1.807) is 0 Å². The van der Waals surface area contributed by atoms with E-state index in [1.165, 1.54) is 0 Å². The zero-order valence-electron chi connectivity index (χ0n) is 17.2. The lowest BCUT2D eigenvalue weighted by Crippen LogP contribution is -2.35. The van der Waals surface area contributed by atoms with Gasteiger partial charge in [-0.25, -0.2) is 0 Å². The van der Waals surface area contributed by atoms with E-state index in [9.17, 15) is 5.11 Å². The summed E-state index contributed by atoms with van der Waals surface area (Å²) in [5.74, 6) is 1.43. The quantitative estimate of drug-likeness (QED) is 0.561. The smallest absolute Gasteiger partial charge is 0.165 e. The molecule has 0 saturated heterocycles. The second kappa shape index (κ2) is 9.33. The number of benzene rings is 3. The van der Waals surface area contributed by atoms with Crippen LogP contribution in [-0.2, 0) is 25.2 Å². The van der Waals surface area contributed by atoms with Gasteiger partial charge >= 0.3 is 0 Å². The Hall–Kier alpha value is -2.82. The van der Waals surface area contributed by atoms with Gasteiger partial charge in [0.25, 0.3) is 0 Å². The predicted octanol–water partition coefficient (Wildman–Crippen LogP) is 4.72. The van der Waals surface area contributed by atoms with Crippen molar-refractivity contribution in [2.45, 2.75) is 44.5 Å². The molecular weight excluding hydrogens is 374 g/mol. The summed E-state index contributed by atoms with van der Waals surface area (Å²) < 4.78 is 12.5.